The molecule has 0 spiro atoms. The molecule has 0 aliphatic carbocycles. The van der Waals surface area contributed by atoms with Gasteiger partial charge in [0.1, 0.15) is 18.2 Å². The lowest BCUT2D eigenvalue weighted by Crippen LogP contribution is -2.06. The van der Waals surface area contributed by atoms with E-state index < -0.39 is 0 Å². The SMILES string of the molecule is Cc1cc(CO)cc(C)c1OCc1nnc(C)n1C. The molecule has 5 heteroatoms. The van der Waals surface area contributed by atoms with Crippen LogP contribution in [0.1, 0.15) is 28.3 Å². The van der Waals surface area contributed by atoms with Crippen LogP contribution in [-0.2, 0) is 20.3 Å². The molecule has 1 heterocycles. The Morgan fingerprint density at radius 2 is 1.79 bits per heavy atom. The van der Waals surface area contributed by atoms with E-state index in [-0.39, 0.29) is 6.61 Å². The number of rotatable bonds is 4. The molecule has 102 valence electrons. The second-order valence-electron chi connectivity index (χ2n) is 4.73. The van der Waals surface area contributed by atoms with Gasteiger partial charge in [-0.05, 0) is 37.5 Å². The van der Waals surface area contributed by atoms with Crippen molar-refractivity contribution < 1.29 is 9.84 Å². The maximum atomic E-state index is 9.16. The van der Waals surface area contributed by atoms with Gasteiger partial charge in [-0.2, -0.15) is 0 Å². The maximum absolute atomic E-state index is 9.16. The van der Waals surface area contributed by atoms with Crippen molar-refractivity contribution in [2.24, 2.45) is 7.05 Å². The Morgan fingerprint density at radius 1 is 1.16 bits per heavy atom. The number of aliphatic hydroxyl groups excluding tert-OH is 1. The Labute approximate surface area is 112 Å². The number of ether oxygens (including phenoxy) is 1. The van der Waals surface area contributed by atoms with Gasteiger partial charge in [-0.15, -0.1) is 10.2 Å². The van der Waals surface area contributed by atoms with E-state index in [1.165, 1.54) is 0 Å². The Morgan fingerprint density at radius 3 is 2.26 bits per heavy atom. The number of nitrogens with zero attached hydrogens (tertiary/aromatic N) is 3. The van der Waals surface area contributed by atoms with Gasteiger partial charge in [-0.25, -0.2) is 0 Å². The van der Waals surface area contributed by atoms with Crippen LogP contribution in [0.15, 0.2) is 12.1 Å². The van der Waals surface area contributed by atoms with Gasteiger partial charge in [-0.3, -0.25) is 0 Å². The second-order valence-corrected chi connectivity index (χ2v) is 4.73. The zero-order valence-corrected chi connectivity index (χ0v) is 11.8. The molecule has 0 aliphatic heterocycles. The van der Waals surface area contributed by atoms with Gasteiger partial charge in [-0.1, -0.05) is 12.1 Å². The van der Waals surface area contributed by atoms with E-state index in [0.717, 1.165) is 34.1 Å². The molecule has 2 aromatic rings. The highest BCUT2D eigenvalue weighted by molar-refractivity contribution is 5.43. The van der Waals surface area contributed by atoms with Gasteiger partial charge >= 0.3 is 0 Å². The Kier molecular flexibility index (Phi) is 3.85. The monoisotopic (exact) mass is 261 g/mol. The molecule has 1 N–H and O–H groups in total. The predicted molar refractivity (Wildman–Crippen MR) is 71.9 cm³/mol. The number of aromatic nitrogens is 3. The van der Waals surface area contributed by atoms with Crippen molar-refractivity contribution in [1.82, 2.24) is 14.8 Å². The first-order valence-electron chi connectivity index (χ1n) is 6.21. The molecular formula is C14H19N3O2. The molecule has 19 heavy (non-hydrogen) atoms. The highest BCUT2D eigenvalue weighted by Gasteiger charge is 2.09. The third-order valence-corrected chi connectivity index (χ3v) is 3.23. The van der Waals surface area contributed by atoms with Gasteiger partial charge in [0.15, 0.2) is 5.82 Å². The fraction of sp³-hybridized carbons (Fsp3) is 0.429. The molecule has 0 amide bonds. The zero-order chi connectivity index (χ0) is 14.0. The molecule has 0 aliphatic rings. The molecule has 1 aromatic heterocycles. The van der Waals surface area contributed by atoms with E-state index in [2.05, 4.69) is 10.2 Å². The van der Waals surface area contributed by atoms with Gasteiger partial charge in [0.25, 0.3) is 0 Å². The van der Waals surface area contributed by atoms with Gasteiger partial charge in [0.2, 0.25) is 0 Å². The Hall–Kier alpha value is -1.88. The summed E-state index contributed by atoms with van der Waals surface area (Å²) in [5.74, 6) is 2.50. The molecular weight excluding hydrogens is 242 g/mol. The van der Waals surface area contributed by atoms with Crippen molar-refractivity contribution in [3.63, 3.8) is 0 Å². The molecule has 0 bridgehead atoms. The molecule has 5 nitrogen and oxygen atoms in total. The van der Waals surface area contributed by atoms with Crippen LogP contribution in [0.2, 0.25) is 0 Å². The molecule has 0 unspecified atom stereocenters. The smallest absolute Gasteiger partial charge is 0.170 e. The van der Waals surface area contributed by atoms with Crippen LogP contribution in [0.4, 0.5) is 0 Å². The molecule has 1 aromatic carbocycles. The average Bonchev–Trinajstić information content (AvgIpc) is 2.69. The van der Waals surface area contributed by atoms with Crippen LogP contribution < -0.4 is 4.74 Å². The summed E-state index contributed by atoms with van der Waals surface area (Å²) in [6.07, 6.45) is 0. The summed E-state index contributed by atoms with van der Waals surface area (Å²) in [5, 5.41) is 17.2. The van der Waals surface area contributed by atoms with Crippen molar-refractivity contribution in [2.75, 3.05) is 0 Å². The summed E-state index contributed by atoms with van der Waals surface area (Å²) < 4.78 is 7.75. The molecule has 0 fully saturated rings. The minimum absolute atomic E-state index is 0.0461. The lowest BCUT2D eigenvalue weighted by atomic mass is 10.1. The van der Waals surface area contributed by atoms with Crippen molar-refractivity contribution in [2.45, 2.75) is 34.0 Å². The number of aliphatic hydroxyl groups is 1. The topological polar surface area (TPSA) is 60.2 Å². The third kappa shape index (κ3) is 2.76. The fourth-order valence-corrected chi connectivity index (χ4v) is 2.07. The summed E-state index contributed by atoms with van der Waals surface area (Å²) in [7, 11) is 1.92. The zero-order valence-electron chi connectivity index (χ0n) is 11.8. The largest absolute Gasteiger partial charge is 0.485 e. The number of hydrogen-bond donors (Lipinski definition) is 1. The number of benzene rings is 1. The van der Waals surface area contributed by atoms with E-state index in [4.69, 9.17) is 9.84 Å². The molecule has 0 saturated heterocycles. The minimum Gasteiger partial charge on any atom is -0.485 e. The molecule has 0 radical (unpaired) electrons. The average molecular weight is 261 g/mol. The fourth-order valence-electron chi connectivity index (χ4n) is 2.07. The van der Waals surface area contributed by atoms with Crippen LogP contribution in [0.5, 0.6) is 5.75 Å². The Bertz CT molecular complexity index is 567. The van der Waals surface area contributed by atoms with Crippen molar-refractivity contribution in [3.05, 3.63) is 40.5 Å². The van der Waals surface area contributed by atoms with Crippen molar-refractivity contribution in [1.29, 1.82) is 0 Å². The van der Waals surface area contributed by atoms with Crippen LogP contribution in [-0.4, -0.2) is 19.9 Å². The predicted octanol–water partition coefficient (Wildman–Crippen LogP) is 1.81. The summed E-state index contributed by atoms with van der Waals surface area (Å²) in [6, 6.07) is 3.87. The molecule has 0 atom stereocenters. The standard InChI is InChI=1S/C14H19N3O2/c1-9-5-12(7-18)6-10(2)14(9)19-8-13-16-15-11(3)17(13)4/h5-6,18H,7-8H2,1-4H3. The van der Waals surface area contributed by atoms with Crippen molar-refractivity contribution in [3.8, 4) is 5.75 Å². The number of hydrogen-bond acceptors (Lipinski definition) is 4. The quantitative estimate of drug-likeness (QED) is 0.912. The van der Waals surface area contributed by atoms with Gasteiger partial charge < -0.3 is 14.4 Å². The van der Waals surface area contributed by atoms with E-state index in [1.807, 2.05) is 44.5 Å². The van der Waals surface area contributed by atoms with Crippen LogP contribution in [0.3, 0.4) is 0 Å². The Balaban J connectivity index is 2.18. The number of aryl methyl sites for hydroxylation is 3. The molecule has 2 rings (SSSR count). The van der Waals surface area contributed by atoms with E-state index >= 15 is 0 Å². The van der Waals surface area contributed by atoms with Gasteiger partial charge in [0, 0.05) is 7.05 Å². The summed E-state index contributed by atoms with van der Waals surface area (Å²) in [6.45, 7) is 6.29. The van der Waals surface area contributed by atoms with E-state index in [0.29, 0.717) is 6.61 Å². The first-order valence-corrected chi connectivity index (χ1v) is 6.21. The molecule has 0 saturated carbocycles. The van der Waals surface area contributed by atoms with E-state index in [9.17, 15) is 0 Å². The van der Waals surface area contributed by atoms with Crippen molar-refractivity contribution >= 4 is 0 Å². The summed E-state index contributed by atoms with van der Waals surface area (Å²) >= 11 is 0. The maximum Gasteiger partial charge on any atom is 0.170 e. The lowest BCUT2D eigenvalue weighted by Gasteiger charge is -2.13. The summed E-state index contributed by atoms with van der Waals surface area (Å²) in [5.41, 5.74) is 2.93. The minimum atomic E-state index is 0.0461. The first-order chi connectivity index (χ1) is 9.02. The second kappa shape index (κ2) is 5.40. The highest BCUT2D eigenvalue weighted by Crippen LogP contribution is 2.25. The lowest BCUT2D eigenvalue weighted by molar-refractivity contribution is 0.278. The third-order valence-electron chi connectivity index (χ3n) is 3.23. The highest BCUT2D eigenvalue weighted by atomic mass is 16.5. The van der Waals surface area contributed by atoms with Gasteiger partial charge in [0.05, 0.1) is 6.61 Å². The first kappa shape index (κ1) is 13.5. The summed E-state index contributed by atoms with van der Waals surface area (Å²) in [4.78, 5) is 0. The van der Waals surface area contributed by atoms with Crippen LogP contribution >= 0.6 is 0 Å². The van der Waals surface area contributed by atoms with E-state index in [1.54, 1.807) is 0 Å². The van der Waals surface area contributed by atoms with Crippen LogP contribution in [0, 0.1) is 20.8 Å². The van der Waals surface area contributed by atoms with Crippen LogP contribution in [0.25, 0.3) is 0 Å². The normalized spacial score (nSPS) is 10.8.